The van der Waals surface area contributed by atoms with Gasteiger partial charge in [0.1, 0.15) is 11.5 Å². The predicted molar refractivity (Wildman–Crippen MR) is 124 cm³/mol. The summed E-state index contributed by atoms with van der Waals surface area (Å²) in [6.07, 6.45) is 3.93. The van der Waals surface area contributed by atoms with Crippen LogP contribution in [-0.2, 0) is 0 Å². The van der Waals surface area contributed by atoms with E-state index in [-0.39, 0.29) is 16.5 Å². The number of hydrogen-bond acceptors (Lipinski definition) is 4. The van der Waals surface area contributed by atoms with Crippen molar-refractivity contribution in [2.75, 3.05) is 14.2 Å². The Morgan fingerprint density at radius 2 is 1.38 bits per heavy atom. The molecule has 5 rings (SSSR count). The lowest BCUT2D eigenvalue weighted by Crippen LogP contribution is -2.03. The Kier molecular flexibility index (Phi) is 4.78. The largest absolute Gasteiger partial charge is 0.497 e. The molecule has 160 valence electrons. The zero-order valence-electron chi connectivity index (χ0n) is 17.6. The van der Waals surface area contributed by atoms with E-state index in [1.807, 2.05) is 54.9 Å². The van der Waals surface area contributed by atoms with Gasteiger partial charge in [-0.1, -0.05) is 12.1 Å². The lowest BCUT2D eigenvalue weighted by Gasteiger charge is -2.18. The van der Waals surface area contributed by atoms with Crippen LogP contribution in [0.5, 0.6) is 11.5 Å². The fourth-order valence-corrected chi connectivity index (χ4v) is 4.32. The van der Waals surface area contributed by atoms with Gasteiger partial charge < -0.3 is 19.4 Å². The Morgan fingerprint density at radius 3 is 1.88 bits per heavy atom. The number of fused-ring (bicyclic) bond motifs is 2. The predicted octanol–water partition coefficient (Wildman–Crippen LogP) is 5.75. The molecule has 0 radical (unpaired) electrons. The maximum atomic E-state index is 11.5. The number of H-pyrrole nitrogens is 2. The normalized spacial score (nSPS) is 11.3. The number of hydrogen-bond donors (Lipinski definition) is 2. The van der Waals surface area contributed by atoms with Crippen LogP contribution in [0.2, 0.25) is 0 Å². The zero-order valence-corrected chi connectivity index (χ0v) is 17.6. The van der Waals surface area contributed by atoms with Crippen LogP contribution in [0.25, 0.3) is 21.8 Å². The van der Waals surface area contributed by atoms with E-state index in [2.05, 4.69) is 9.97 Å². The monoisotopic (exact) mass is 427 g/mol. The quantitative estimate of drug-likeness (QED) is 0.266. The Labute approximate surface area is 183 Å². The number of benzene rings is 3. The highest BCUT2D eigenvalue weighted by Gasteiger charge is 2.25. The van der Waals surface area contributed by atoms with Crippen LogP contribution < -0.4 is 9.47 Å². The van der Waals surface area contributed by atoms with Crippen LogP contribution in [0.4, 0.5) is 5.69 Å². The number of aromatic amines is 2. The van der Waals surface area contributed by atoms with E-state index in [1.54, 1.807) is 26.4 Å². The molecule has 0 aliphatic heterocycles. The van der Waals surface area contributed by atoms with Crippen molar-refractivity contribution in [3.63, 3.8) is 0 Å². The topological polar surface area (TPSA) is 93.2 Å². The highest BCUT2D eigenvalue weighted by Crippen LogP contribution is 2.41. The lowest BCUT2D eigenvalue weighted by atomic mass is 9.84. The van der Waals surface area contributed by atoms with E-state index in [4.69, 9.17) is 9.47 Å². The molecule has 0 unspecified atom stereocenters. The summed E-state index contributed by atoms with van der Waals surface area (Å²) in [6, 6.07) is 18.5. The van der Waals surface area contributed by atoms with Gasteiger partial charge in [-0.25, -0.2) is 0 Å². The van der Waals surface area contributed by atoms with Gasteiger partial charge in [-0.05, 0) is 53.1 Å². The second kappa shape index (κ2) is 7.77. The van der Waals surface area contributed by atoms with E-state index in [9.17, 15) is 10.1 Å². The van der Waals surface area contributed by atoms with Gasteiger partial charge >= 0.3 is 0 Å². The second-order valence-corrected chi connectivity index (χ2v) is 7.60. The number of nitrogens with zero attached hydrogens (tertiary/aromatic N) is 1. The third-order valence-corrected chi connectivity index (χ3v) is 5.88. The molecule has 2 N–H and O–H groups in total. The minimum absolute atomic E-state index is 0.0577. The van der Waals surface area contributed by atoms with Gasteiger partial charge in [0.15, 0.2) is 0 Å². The van der Waals surface area contributed by atoms with E-state index in [0.29, 0.717) is 0 Å². The molecule has 0 spiro atoms. The molecule has 7 nitrogen and oxygen atoms in total. The first-order valence-corrected chi connectivity index (χ1v) is 10.1. The van der Waals surface area contributed by atoms with Crippen LogP contribution in [0.1, 0.15) is 22.6 Å². The van der Waals surface area contributed by atoms with Crippen LogP contribution >= 0.6 is 0 Å². The molecule has 0 atom stereocenters. The molecule has 3 aromatic carbocycles. The Hall–Kier alpha value is -4.26. The van der Waals surface area contributed by atoms with Crippen LogP contribution in [0.15, 0.2) is 73.1 Å². The molecule has 0 bridgehead atoms. The third-order valence-electron chi connectivity index (χ3n) is 5.88. The first kappa shape index (κ1) is 19.7. The lowest BCUT2D eigenvalue weighted by molar-refractivity contribution is -0.384. The van der Waals surface area contributed by atoms with Crippen molar-refractivity contribution in [3.8, 4) is 11.5 Å². The number of nitro groups is 1. The molecule has 0 amide bonds. The summed E-state index contributed by atoms with van der Waals surface area (Å²) in [6.45, 7) is 0. The van der Waals surface area contributed by atoms with Crippen molar-refractivity contribution >= 4 is 27.5 Å². The molecule has 0 saturated carbocycles. The molecular weight excluding hydrogens is 406 g/mol. The number of aromatic nitrogens is 2. The third kappa shape index (κ3) is 3.24. The fourth-order valence-electron chi connectivity index (χ4n) is 4.32. The van der Waals surface area contributed by atoms with Crippen molar-refractivity contribution in [2.45, 2.75) is 5.92 Å². The standard InChI is InChI=1S/C25H21N3O4/c1-31-17-6-8-23-19(11-17)21(13-26-23)25(15-4-3-5-16(10-15)28(29)30)22-14-27-24-9-7-18(32-2)12-20(22)24/h3-14,25-27H,1-2H3. The first-order valence-electron chi connectivity index (χ1n) is 10.1. The van der Waals surface area contributed by atoms with E-state index >= 15 is 0 Å². The summed E-state index contributed by atoms with van der Waals surface area (Å²) in [5.41, 5.74) is 4.82. The average molecular weight is 427 g/mol. The molecular formula is C25H21N3O4. The molecule has 2 heterocycles. The number of rotatable bonds is 6. The van der Waals surface area contributed by atoms with Gasteiger partial charge in [0, 0.05) is 52.3 Å². The zero-order chi connectivity index (χ0) is 22.2. The van der Waals surface area contributed by atoms with Crippen LogP contribution in [0.3, 0.4) is 0 Å². The minimum atomic E-state index is -0.364. The fraction of sp³-hybridized carbons (Fsp3) is 0.120. The molecule has 7 heteroatoms. The summed E-state index contributed by atoms with van der Waals surface area (Å²) < 4.78 is 10.9. The molecule has 0 aliphatic carbocycles. The minimum Gasteiger partial charge on any atom is -0.497 e. The molecule has 0 aliphatic rings. The van der Waals surface area contributed by atoms with Gasteiger partial charge in [-0.2, -0.15) is 0 Å². The average Bonchev–Trinajstić information content (AvgIpc) is 3.43. The SMILES string of the molecule is COc1ccc2[nH]cc(C(c3cccc([N+](=O)[O-])c3)c3c[nH]c4ccc(OC)cc34)c2c1. The van der Waals surface area contributed by atoms with Crippen LogP contribution in [0, 0.1) is 10.1 Å². The van der Waals surface area contributed by atoms with Crippen molar-refractivity contribution in [3.05, 3.63) is 99.9 Å². The Balaban J connectivity index is 1.80. The van der Waals surface area contributed by atoms with E-state index in [0.717, 1.165) is 50.0 Å². The molecule has 0 fully saturated rings. The van der Waals surface area contributed by atoms with Crippen LogP contribution in [-0.4, -0.2) is 29.1 Å². The van der Waals surface area contributed by atoms with E-state index < -0.39 is 0 Å². The second-order valence-electron chi connectivity index (χ2n) is 7.60. The summed E-state index contributed by atoms with van der Waals surface area (Å²) in [7, 11) is 3.27. The van der Waals surface area contributed by atoms with Crippen molar-refractivity contribution < 1.29 is 14.4 Å². The molecule has 0 saturated heterocycles. The summed E-state index contributed by atoms with van der Waals surface area (Å²) in [5.74, 6) is 1.24. The summed E-state index contributed by atoms with van der Waals surface area (Å²) in [4.78, 5) is 17.8. The maximum absolute atomic E-state index is 11.5. The molecule has 2 aromatic heterocycles. The van der Waals surface area contributed by atoms with Crippen molar-refractivity contribution in [1.29, 1.82) is 0 Å². The van der Waals surface area contributed by atoms with Crippen molar-refractivity contribution in [2.24, 2.45) is 0 Å². The molecule has 5 aromatic rings. The molecule has 32 heavy (non-hydrogen) atoms. The highest BCUT2D eigenvalue weighted by atomic mass is 16.6. The highest BCUT2D eigenvalue weighted by molar-refractivity contribution is 5.90. The van der Waals surface area contributed by atoms with Gasteiger partial charge in [0.05, 0.1) is 19.1 Å². The summed E-state index contributed by atoms with van der Waals surface area (Å²) >= 11 is 0. The Morgan fingerprint density at radius 1 is 0.812 bits per heavy atom. The number of nitrogens with one attached hydrogen (secondary N) is 2. The van der Waals surface area contributed by atoms with E-state index in [1.165, 1.54) is 6.07 Å². The number of ether oxygens (including phenoxy) is 2. The van der Waals surface area contributed by atoms with Gasteiger partial charge in [-0.3, -0.25) is 10.1 Å². The first-order chi connectivity index (χ1) is 15.6. The van der Waals surface area contributed by atoms with Gasteiger partial charge in [0.25, 0.3) is 5.69 Å². The van der Waals surface area contributed by atoms with Gasteiger partial charge in [-0.15, -0.1) is 0 Å². The van der Waals surface area contributed by atoms with Gasteiger partial charge in [0.2, 0.25) is 0 Å². The number of non-ortho nitro benzene ring substituents is 1. The maximum Gasteiger partial charge on any atom is 0.269 e. The number of nitro benzene ring substituents is 1. The number of methoxy groups -OCH3 is 2. The summed E-state index contributed by atoms with van der Waals surface area (Å²) in [5, 5.41) is 13.5. The van der Waals surface area contributed by atoms with Crippen molar-refractivity contribution in [1.82, 2.24) is 9.97 Å². The Bertz CT molecular complexity index is 1370. The smallest absolute Gasteiger partial charge is 0.269 e.